The van der Waals surface area contributed by atoms with Crippen molar-refractivity contribution < 1.29 is 8.42 Å². The first-order chi connectivity index (χ1) is 3.00. The minimum atomic E-state index is -3.67. The van der Waals surface area contributed by atoms with E-state index in [9.17, 15) is 8.42 Å². The molecule has 54 valence electrons. The standard InChI is InChI=1S/CH4.H4N2O2S.H4N2/c;1-5(2,3)4;1-2/h1H4;(H4,1,2,3,4);1-2H2. The zero-order valence-electron chi connectivity index (χ0n) is 3.53. The second kappa shape index (κ2) is 6.79. The molecular formula is CH12N4O2S. The van der Waals surface area contributed by atoms with Gasteiger partial charge in [-0.2, -0.15) is 8.42 Å². The summed E-state index contributed by atoms with van der Waals surface area (Å²) in [5.41, 5.74) is 0. The summed E-state index contributed by atoms with van der Waals surface area (Å²) in [5.74, 6) is 8.00. The molecule has 0 aliphatic rings. The molecule has 0 radical (unpaired) electrons. The highest BCUT2D eigenvalue weighted by molar-refractivity contribution is 7.86. The zero-order valence-corrected chi connectivity index (χ0v) is 4.35. The van der Waals surface area contributed by atoms with Crippen molar-refractivity contribution in [3.8, 4) is 0 Å². The van der Waals surface area contributed by atoms with Crippen LogP contribution in [-0.2, 0) is 10.2 Å². The molecule has 6 nitrogen and oxygen atoms in total. The van der Waals surface area contributed by atoms with Crippen LogP contribution in [-0.4, -0.2) is 8.42 Å². The average molecular weight is 144 g/mol. The molecule has 0 heterocycles. The number of rotatable bonds is 0. The Morgan fingerprint density at radius 1 is 1.00 bits per heavy atom. The lowest BCUT2D eigenvalue weighted by atomic mass is 12.0. The van der Waals surface area contributed by atoms with E-state index in [4.69, 9.17) is 0 Å². The monoisotopic (exact) mass is 144 g/mol. The van der Waals surface area contributed by atoms with Crippen LogP contribution in [0.25, 0.3) is 0 Å². The molecule has 0 unspecified atom stereocenters. The van der Waals surface area contributed by atoms with Gasteiger partial charge in [-0.1, -0.05) is 7.43 Å². The fraction of sp³-hybridized carbons (Fsp3) is 1.00. The van der Waals surface area contributed by atoms with E-state index in [1.54, 1.807) is 0 Å². The SMILES string of the molecule is C.NN.NS(N)(=O)=O. The highest BCUT2D eigenvalue weighted by atomic mass is 32.2. The van der Waals surface area contributed by atoms with Crippen LogP contribution in [0.2, 0.25) is 0 Å². The van der Waals surface area contributed by atoms with Gasteiger partial charge in [-0.3, -0.25) is 11.7 Å². The second-order valence-electron chi connectivity index (χ2n) is 0.589. The summed E-state index contributed by atoms with van der Waals surface area (Å²) in [6.45, 7) is 0. The topological polar surface area (TPSA) is 138 Å². The van der Waals surface area contributed by atoms with Crippen molar-refractivity contribution in [1.82, 2.24) is 0 Å². The Bertz CT molecular complexity index is 97.2. The molecule has 8 N–H and O–H groups in total. The van der Waals surface area contributed by atoms with E-state index in [1.165, 1.54) is 0 Å². The molecule has 0 aliphatic carbocycles. The van der Waals surface area contributed by atoms with Crippen molar-refractivity contribution in [3.63, 3.8) is 0 Å². The summed E-state index contributed by atoms with van der Waals surface area (Å²) in [6, 6.07) is 0. The molecule has 0 saturated carbocycles. The van der Waals surface area contributed by atoms with Crippen LogP contribution in [0.1, 0.15) is 7.43 Å². The van der Waals surface area contributed by atoms with E-state index in [2.05, 4.69) is 22.0 Å². The first-order valence-corrected chi connectivity index (χ1v) is 2.75. The third-order valence-electron chi connectivity index (χ3n) is 0. The minimum Gasteiger partial charge on any atom is -0.274 e. The van der Waals surface area contributed by atoms with Gasteiger partial charge in [0.15, 0.2) is 0 Å². The van der Waals surface area contributed by atoms with Gasteiger partial charge in [0.25, 0.3) is 10.2 Å². The van der Waals surface area contributed by atoms with Crippen molar-refractivity contribution in [2.45, 2.75) is 7.43 Å². The van der Waals surface area contributed by atoms with Gasteiger partial charge in [0, 0.05) is 0 Å². The first-order valence-electron chi connectivity index (χ1n) is 1.14. The van der Waals surface area contributed by atoms with E-state index in [0.29, 0.717) is 0 Å². The van der Waals surface area contributed by atoms with Crippen molar-refractivity contribution in [3.05, 3.63) is 0 Å². The summed E-state index contributed by atoms with van der Waals surface area (Å²) in [5, 5.41) is 8.21. The lowest BCUT2D eigenvalue weighted by molar-refractivity contribution is 0.599. The fourth-order valence-electron chi connectivity index (χ4n) is 0. The molecule has 0 aromatic heterocycles. The predicted molar refractivity (Wildman–Crippen MR) is 32.4 cm³/mol. The highest BCUT2D eigenvalue weighted by Crippen LogP contribution is 1.40. The molecule has 0 atom stereocenters. The molecule has 8 heavy (non-hydrogen) atoms. The molecule has 0 spiro atoms. The first kappa shape index (κ1) is 15.7. The largest absolute Gasteiger partial charge is 0.274 e. The third-order valence-corrected chi connectivity index (χ3v) is 0. The van der Waals surface area contributed by atoms with E-state index in [-0.39, 0.29) is 7.43 Å². The minimum absolute atomic E-state index is 0. The van der Waals surface area contributed by atoms with E-state index in [1.807, 2.05) is 0 Å². The Morgan fingerprint density at radius 3 is 1.00 bits per heavy atom. The highest BCUT2D eigenvalue weighted by Gasteiger charge is 1.78. The third kappa shape index (κ3) is 3010. The summed E-state index contributed by atoms with van der Waals surface area (Å²) in [7, 11) is -3.67. The Hall–Kier alpha value is -0.210. The van der Waals surface area contributed by atoms with Gasteiger partial charge in [-0.05, 0) is 0 Å². The molecule has 0 aromatic rings. The fourth-order valence-corrected chi connectivity index (χ4v) is 0. The maximum absolute atomic E-state index is 9.19. The Morgan fingerprint density at radius 2 is 1.00 bits per heavy atom. The van der Waals surface area contributed by atoms with Crippen LogP contribution >= 0.6 is 0 Å². The van der Waals surface area contributed by atoms with Crippen molar-refractivity contribution in [2.75, 3.05) is 0 Å². The van der Waals surface area contributed by atoms with Crippen LogP contribution in [0.3, 0.4) is 0 Å². The normalized spacial score (nSPS) is 8.00. The van der Waals surface area contributed by atoms with Crippen molar-refractivity contribution in [2.24, 2.45) is 22.0 Å². The van der Waals surface area contributed by atoms with Crippen LogP contribution in [0.15, 0.2) is 0 Å². The second-order valence-corrected chi connectivity index (χ2v) is 1.77. The molecule has 0 rings (SSSR count). The lowest BCUT2D eigenvalue weighted by Gasteiger charge is -1.72. The molecular weight excluding hydrogens is 132 g/mol. The van der Waals surface area contributed by atoms with Gasteiger partial charge < -0.3 is 0 Å². The summed E-state index contributed by atoms with van der Waals surface area (Å²) < 4.78 is 18.4. The van der Waals surface area contributed by atoms with Gasteiger partial charge in [0.1, 0.15) is 0 Å². The molecule has 0 saturated heterocycles. The van der Waals surface area contributed by atoms with Crippen molar-refractivity contribution in [1.29, 1.82) is 0 Å². The van der Waals surface area contributed by atoms with E-state index < -0.39 is 10.2 Å². The van der Waals surface area contributed by atoms with Crippen molar-refractivity contribution >= 4 is 10.2 Å². The smallest absolute Gasteiger partial charge is 0.271 e. The number of hydrazine groups is 1. The zero-order chi connectivity index (χ0) is 6.50. The van der Waals surface area contributed by atoms with Crippen LogP contribution in [0.5, 0.6) is 0 Å². The molecule has 0 aromatic carbocycles. The maximum Gasteiger partial charge on any atom is 0.271 e. The summed E-state index contributed by atoms with van der Waals surface area (Å²) >= 11 is 0. The van der Waals surface area contributed by atoms with Gasteiger partial charge in [-0.15, -0.1) is 0 Å². The number of hydrogen-bond donors (Lipinski definition) is 4. The summed E-state index contributed by atoms with van der Waals surface area (Å²) in [4.78, 5) is 0. The Balaban J connectivity index is -0.0000000750. The molecule has 0 amide bonds. The van der Waals surface area contributed by atoms with Gasteiger partial charge in [0.05, 0.1) is 0 Å². The quantitative estimate of drug-likeness (QED) is 0.222. The number of hydrogen-bond acceptors (Lipinski definition) is 4. The number of nitrogens with two attached hydrogens (primary N) is 4. The molecule has 0 fully saturated rings. The van der Waals surface area contributed by atoms with Gasteiger partial charge in [-0.25, -0.2) is 10.3 Å². The molecule has 7 heteroatoms. The Labute approximate surface area is 49.0 Å². The van der Waals surface area contributed by atoms with Crippen LogP contribution < -0.4 is 22.0 Å². The van der Waals surface area contributed by atoms with E-state index >= 15 is 0 Å². The van der Waals surface area contributed by atoms with Crippen LogP contribution in [0, 0.1) is 0 Å². The van der Waals surface area contributed by atoms with E-state index in [0.717, 1.165) is 0 Å². The predicted octanol–water partition coefficient (Wildman–Crippen LogP) is -2.40. The molecule has 0 bridgehead atoms. The van der Waals surface area contributed by atoms with Crippen LogP contribution in [0.4, 0.5) is 0 Å². The molecule has 0 aliphatic heterocycles. The maximum atomic E-state index is 9.19. The lowest BCUT2D eigenvalue weighted by Crippen LogP contribution is -2.21. The van der Waals surface area contributed by atoms with Gasteiger partial charge in [0.2, 0.25) is 0 Å². The van der Waals surface area contributed by atoms with Gasteiger partial charge >= 0.3 is 0 Å². The Kier molecular flexibility index (Phi) is 13.3. The average Bonchev–Trinajstić information content (AvgIpc) is 1.36. The summed E-state index contributed by atoms with van der Waals surface area (Å²) in [6.07, 6.45) is 0.